The predicted molar refractivity (Wildman–Crippen MR) is 66.9 cm³/mol. The molecule has 1 rings (SSSR count). The molecule has 0 unspecified atom stereocenters. The molecule has 0 radical (unpaired) electrons. The standard InChI is InChI=1S/C11H16F2N2O3S/c1-11(2,16)6-15(3)19(17,18)9-5-7(14)4-8(12)10(9)13/h4-5,16H,6,14H2,1-3H3. The molecule has 0 aliphatic carbocycles. The normalized spacial score (nSPS) is 13.0. The Bertz CT molecular complexity index is 582. The van der Waals surface area contributed by atoms with Crippen LogP contribution in [0.2, 0.25) is 0 Å². The fourth-order valence-electron chi connectivity index (χ4n) is 1.57. The Morgan fingerprint density at radius 2 is 1.89 bits per heavy atom. The fourth-order valence-corrected chi connectivity index (χ4v) is 3.00. The molecule has 0 spiro atoms. The van der Waals surface area contributed by atoms with Gasteiger partial charge in [0.15, 0.2) is 11.6 Å². The van der Waals surface area contributed by atoms with Crippen LogP contribution in [0.1, 0.15) is 13.8 Å². The molecule has 19 heavy (non-hydrogen) atoms. The molecule has 1 aromatic carbocycles. The number of anilines is 1. The molecule has 5 nitrogen and oxygen atoms in total. The van der Waals surface area contributed by atoms with Crippen molar-refractivity contribution in [2.45, 2.75) is 24.3 Å². The van der Waals surface area contributed by atoms with Crippen LogP contribution in [-0.2, 0) is 10.0 Å². The molecule has 0 aliphatic rings. The van der Waals surface area contributed by atoms with Gasteiger partial charge in [0.25, 0.3) is 0 Å². The second-order valence-electron chi connectivity index (χ2n) is 4.89. The molecular formula is C11H16F2N2O3S. The van der Waals surface area contributed by atoms with Crippen LogP contribution in [-0.4, -0.2) is 37.0 Å². The first-order valence-corrected chi connectivity index (χ1v) is 6.82. The first-order chi connectivity index (χ1) is 8.45. The van der Waals surface area contributed by atoms with Crippen molar-refractivity contribution in [2.75, 3.05) is 19.3 Å². The van der Waals surface area contributed by atoms with Crippen molar-refractivity contribution < 1.29 is 22.3 Å². The van der Waals surface area contributed by atoms with Crippen molar-refractivity contribution >= 4 is 15.7 Å². The predicted octanol–water partition coefficient (Wildman–Crippen LogP) is 0.938. The van der Waals surface area contributed by atoms with E-state index in [2.05, 4.69) is 0 Å². The third-order valence-electron chi connectivity index (χ3n) is 2.31. The Morgan fingerprint density at radius 1 is 1.37 bits per heavy atom. The van der Waals surface area contributed by atoms with Crippen LogP contribution in [0.4, 0.5) is 14.5 Å². The number of nitrogens with zero attached hydrogens (tertiary/aromatic N) is 1. The van der Waals surface area contributed by atoms with E-state index in [0.717, 1.165) is 17.4 Å². The average Bonchev–Trinajstić information content (AvgIpc) is 2.20. The molecule has 0 aromatic heterocycles. The molecule has 8 heteroatoms. The highest BCUT2D eigenvalue weighted by atomic mass is 32.2. The van der Waals surface area contributed by atoms with Gasteiger partial charge in [0.2, 0.25) is 10.0 Å². The van der Waals surface area contributed by atoms with Crippen LogP contribution in [0, 0.1) is 11.6 Å². The zero-order valence-corrected chi connectivity index (χ0v) is 11.6. The summed E-state index contributed by atoms with van der Waals surface area (Å²) in [6, 6.07) is 1.54. The van der Waals surface area contributed by atoms with Gasteiger partial charge in [-0.05, 0) is 26.0 Å². The van der Waals surface area contributed by atoms with Gasteiger partial charge in [0, 0.05) is 19.3 Å². The monoisotopic (exact) mass is 294 g/mol. The molecule has 0 saturated heterocycles. The van der Waals surface area contributed by atoms with E-state index in [9.17, 15) is 22.3 Å². The van der Waals surface area contributed by atoms with Gasteiger partial charge in [-0.2, -0.15) is 4.31 Å². The number of likely N-dealkylation sites (N-methyl/N-ethyl adjacent to an activating group) is 1. The van der Waals surface area contributed by atoms with Crippen LogP contribution >= 0.6 is 0 Å². The van der Waals surface area contributed by atoms with Crippen LogP contribution < -0.4 is 5.73 Å². The van der Waals surface area contributed by atoms with Crippen molar-refractivity contribution in [1.29, 1.82) is 0 Å². The lowest BCUT2D eigenvalue weighted by Gasteiger charge is -2.25. The van der Waals surface area contributed by atoms with Crippen molar-refractivity contribution in [3.63, 3.8) is 0 Å². The summed E-state index contributed by atoms with van der Waals surface area (Å²) < 4.78 is 51.7. The summed E-state index contributed by atoms with van der Waals surface area (Å²) in [5, 5.41) is 9.58. The Labute approximate surface area is 110 Å². The van der Waals surface area contributed by atoms with Gasteiger partial charge in [-0.3, -0.25) is 0 Å². The molecule has 0 aliphatic heterocycles. The molecule has 3 N–H and O–H groups in total. The Morgan fingerprint density at radius 3 is 2.37 bits per heavy atom. The van der Waals surface area contributed by atoms with E-state index in [0.29, 0.717) is 6.07 Å². The highest BCUT2D eigenvalue weighted by Gasteiger charge is 2.30. The number of benzene rings is 1. The van der Waals surface area contributed by atoms with E-state index in [-0.39, 0.29) is 12.2 Å². The number of halogens is 2. The highest BCUT2D eigenvalue weighted by Crippen LogP contribution is 2.24. The van der Waals surface area contributed by atoms with Gasteiger partial charge < -0.3 is 10.8 Å². The van der Waals surface area contributed by atoms with Gasteiger partial charge in [-0.15, -0.1) is 0 Å². The molecule has 0 fully saturated rings. The van der Waals surface area contributed by atoms with E-state index < -0.39 is 32.2 Å². The van der Waals surface area contributed by atoms with Gasteiger partial charge in [-0.25, -0.2) is 17.2 Å². The van der Waals surface area contributed by atoms with E-state index in [4.69, 9.17) is 5.73 Å². The van der Waals surface area contributed by atoms with Crippen LogP contribution in [0.15, 0.2) is 17.0 Å². The summed E-state index contributed by atoms with van der Waals surface area (Å²) in [5.74, 6) is -2.83. The number of hydrogen-bond donors (Lipinski definition) is 2. The number of sulfonamides is 1. The molecule has 0 bridgehead atoms. The number of nitrogens with two attached hydrogens (primary N) is 1. The van der Waals surface area contributed by atoms with Crippen molar-refractivity contribution in [2.24, 2.45) is 0 Å². The maximum Gasteiger partial charge on any atom is 0.246 e. The number of hydrogen-bond acceptors (Lipinski definition) is 4. The van der Waals surface area contributed by atoms with E-state index in [1.54, 1.807) is 0 Å². The summed E-state index contributed by atoms with van der Waals surface area (Å²) in [4.78, 5) is -0.850. The summed E-state index contributed by atoms with van der Waals surface area (Å²) in [5.41, 5.74) is 3.81. The second kappa shape index (κ2) is 5.03. The Balaban J connectivity index is 3.28. The lowest BCUT2D eigenvalue weighted by Crippen LogP contribution is -2.40. The number of nitrogen functional groups attached to an aromatic ring is 1. The van der Waals surface area contributed by atoms with Crippen LogP contribution in [0.5, 0.6) is 0 Å². The zero-order chi connectivity index (χ0) is 15.0. The fraction of sp³-hybridized carbons (Fsp3) is 0.455. The molecule has 0 atom stereocenters. The van der Waals surface area contributed by atoms with E-state index in [1.807, 2.05) is 0 Å². The summed E-state index contributed by atoms with van der Waals surface area (Å²) in [6.07, 6.45) is 0. The van der Waals surface area contributed by atoms with Crippen molar-refractivity contribution in [3.8, 4) is 0 Å². The van der Waals surface area contributed by atoms with Gasteiger partial charge in [-0.1, -0.05) is 0 Å². The summed E-state index contributed by atoms with van der Waals surface area (Å²) in [6.45, 7) is 2.52. The van der Waals surface area contributed by atoms with Gasteiger partial charge >= 0.3 is 0 Å². The first kappa shape index (κ1) is 15.8. The third kappa shape index (κ3) is 3.62. The number of aliphatic hydroxyl groups is 1. The van der Waals surface area contributed by atoms with Crippen molar-refractivity contribution in [3.05, 3.63) is 23.8 Å². The summed E-state index contributed by atoms with van der Waals surface area (Å²) in [7, 11) is -3.11. The van der Waals surface area contributed by atoms with Gasteiger partial charge in [0.05, 0.1) is 5.60 Å². The molecule has 0 heterocycles. The smallest absolute Gasteiger partial charge is 0.246 e. The Hall–Kier alpha value is -1.25. The van der Waals surface area contributed by atoms with E-state index in [1.165, 1.54) is 13.8 Å². The zero-order valence-electron chi connectivity index (χ0n) is 10.8. The molecular weight excluding hydrogens is 278 g/mol. The SMILES string of the molecule is CN(CC(C)(C)O)S(=O)(=O)c1cc(N)cc(F)c1F. The topological polar surface area (TPSA) is 83.6 Å². The van der Waals surface area contributed by atoms with Gasteiger partial charge in [0.1, 0.15) is 4.90 Å². The maximum atomic E-state index is 13.6. The quantitative estimate of drug-likeness (QED) is 0.809. The molecule has 0 amide bonds. The number of rotatable bonds is 4. The molecule has 1 aromatic rings. The minimum absolute atomic E-state index is 0.200. The maximum absolute atomic E-state index is 13.6. The molecule has 0 saturated carbocycles. The second-order valence-corrected chi connectivity index (χ2v) is 6.90. The first-order valence-electron chi connectivity index (χ1n) is 5.38. The Kier molecular flexibility index (Phi) is 4.18. The third-order valence-corrected chi connectivity index (χ3v) is 4.12. The largest absolute Gasteiger partial charge is 0.399 e. The average molecular weight is 294 g/mol. The lowest BCUT2D eigenvalue weighted by atomic mass is 10.1. The molecule has 108 valence electrons. The lowest BCUT2D eigenvalue weighted by molar-refractivity contribution is 0.0639. The van der Waals surface area contributed by atoms with Crippen molar-refractivity contribution in [1.82, 2.24) is 4.31 Å². The van der Waals surface area contributed by atoms with Crippen LogP contribution in [0.25, 0.3) is 0 Å². The van der Waals surface area contributed by atoms with E-state index >= 15 is 0 Å². The highest BCUT2D eigenvalue weighted by molar-refractivity contribution is 7.89. The van der Waals surface area contributed by atoms with Crippen LogP contribution in [0.3, 0.4) is 0 Å². The minimum Gasteiger partial charge on any atom is -0.399 e. The summed E-state index contributed by atoms with van der Waals surface area (Å²) >= 11 is 0. The minimum atomic E-state index is -4.27.